The van der Waals surface area contributed by atoms with Crippen LogP contribution in [0, 0.1) is 0 Å². The van der Waals surface area contributed by atoms with Crippen LogP contribution < -0.4 is 0 Å². The second-order valence-corrected chi connectivity index (χ2v) is 6.70. The summed E-state index contributed by atoms with van der Waals surface area (Å²) in [5, 5.41) is 3.17. The molecule has 0 saturated heterocycles. The Labute approximate surface area is 123 Å². The first-order valence-corrected chi connectivity index (χ1v) is 8.53. The molecule has 0 unspecified atom stereocenters. The van der Waals surface area contributed by atoms with Crippen LogP contribution in [0.5, 0.6) is 0 Å². The monoisotopic (exact) mass is 280 g/mol. The van der Waals surface area contributed by atoms with Gasteiger partial charge in [-0.25, -0.2) is 0 Å². The third-order valence-corrected chi connectivity index (χ3v) is 5.24. The van der Waals surface area contributed by atoms with E-state index in [9.17, 15) is 0 Å². The minimum absolute atomic E-state index is 1.20. The summed E-state index contributed by atoms with van der Waals surface area (Å²) in [7, 11) is 1.46. The van der Waals surface area contributed by atoms with Gasteiger partial charge in [-0.15, -0.1) is 0 Å². The van der Waals surface area contributed by atoms with E-state index in [0.717, 1.165) is 0 Å². The van der Waals surface area contributed by atoms with Gasteiger partial charge in [0.25, 0.3) is 0 Å². The van der Waals surface area contributed by atoms with E-state index in [2.05, 4.69) is 56.3 Å². The SMILES string of the molecule is CCCC1=CC2=C(c3ccccc3)C=C(CCC)C2=P1. The minimum atomic E-state index is 1.20. The van der Waals surface area contributed by atoms with E-state index in [1.54, 1.807) is 16.2 Å². The number of rotatable bonds is 5. The number of hydrogen-bond acceptors (Lipinski definition) is 0. The summed E-state index contributed by atoms with van der Waals surface area (Å²) in [5.74, 6) is 0. The van der Waals surface area contributed by atoms with Gasteiger partial charge in [0, 0.05) is 5.29 Å². The zero-order valence-electron chi connectivity index (χ0n) is 12.3. The average Bonchev–Trinajstić information content (AvgIpc) is 3.01. The smallest absolute Gasteiger partial charge is 0.0132 e. The Morgan fingerprint density at radius 3 is 2.30 bits per heavy atom. The molecular weight excluding hydrogens is 259 g/mol. The third-order valence-electron chi connectivity index (χ3n) is 3.84. The van der Waals surface area contributed by atoms with Gasteiger partial charge < -0.3 is 0 Å². The Kier molecular flexibility index (Phi) is 4.03. The number of benzene rings is 1. The van der Waals surface area contributed by atoms with Gasteiger partial charge in [-0.05, 0) is 52.6 Å². The molecule has 1 heteroatoms. The largest absolute Gasteiger partial charge is 0.0651 e. The van der Waals surface area contributed by atoms with Crippen molar-refractivity contribution in [1.29, 1.82) is 0 Å². The van der Waals surface area contributed by atoms with Crippen molar-refractivity contribution in [3.05, 3.63) is 64.5 Å². The molecule has 0 bridgehead atoms. The average molecular weight is 280 g/mol. The van der Waals surface area contributed by atoms with Gasteiger partial charge in [0.1, 0.15) is 0 Å². The molecule has 0 saturated carbocycles. The fraction of sp³-hybridized carbons (Fsp3) is 0.316. The van der Waals surface area contributed by atoms with E-state index in [-0.39, 0.29) is 0 Å². The fourth-order valence-electron chi connectivity index (χ4n) is 2.94. The molecule has 1 aromatic rings. The second kappa shape index (κ2) is 5.94. The van der Waals surface area contributed by atoms with Gasteiger partial charge in [0.15, 0.2) is 0 Å². The molecule has 1 aromatic carbocycles. The highest BCUT2D eigenvalue weighted by atomic mass is 31.1. The van der Waals surface area contributed by atoms with Gasteiger partial charge in [0.2, 0.25) is 0 Å². The lowest BCUT2D eigenvalue weighted by atomic mass is 10.0. The van der Waals surface area contributed by atoms with Crippen molar-refractivity contribution < 1.29 is 0 Å². The standard InChI is InChI=1S/C19H21P/c1-3-8-15-12-17(14-10-6-5-7-11-14)18-13-16(9-4-2)20-19(15)18/h5-7,10-13H,3-4,8-9H2,1-2H3. The van der Waals surface area contributed by atoms with Gasteiger partial charge in [-0.3, -0.25) is 0 Å². The normalized spacial score (nSPS) is 17.8. The van der Waals surface area contributed by atoms with E-state index in [1.165, 1.54) is 50.6 Å². The van der Waals surface area contributed by atoms with Crippen LogP contribution in [-0.2, 0) is 0 Å². The lowest BCUT2D eigenvalue weighted by Gasteiger charge is -2.02. The van der Waals surface area contributed by atoms with Gasteiger partial charge >= 0.3 is 0 Å². The molecule has 0 radical (unpaired) electrons. The first kappa shape index (κ1) is 13.6. The molecule has 0 nitrogen and oxygen atoms in total. The highest BCUT2D eigenvalue weighted by Crippen LogP contribution is 2.44. The van der Waals surface area contributed by atoms with Crippen molar-refractivity contribution in [2.75, 3.05) is 0 Å². The maximum absolute atomic E-state index is 2.45. The van der Waals surface area contributed by atoms with Crippen LogP contribution in [0.15, 0.2) is 58.9 Å². The van der Waals surface area contributed by atoms with Crippen LogP contribution in [0.3, 0.4) is 0 Å². The van der Waals surface area contributed by atoms with E-state index < -0.39 is 0 Å². The molecule has 0 fully saturated rings. The summed E-state index contributed by atoms with van der Waals surface area (Å²) < 4.78 is 0. The van der Waals surface area contributed by atoms with Crippen molar-refractivity contribution in [3.8, 4) is 0 Å². The van der Waals surface area contributed by atoms with Crippen molar-refractivity contribution in [2.24, 2.45) is 0 Å². The molecule has 1 aliphatic heterocycles. The summed E-state index contributed by atoms with van der Waals surface area (Å²) >= 11 is 0. The van der Waals surface area contributed by atoms with Crippen LogP contribution >= 0.6 is 8.20 Å². The van der Waals surface area contributed by atoms with Gasteiger partial charge in [-0.2, -0.15) is 0 Å². The van der Waals surface area contributed by atoms with Crippen LogP contribution in [0.4, 0.5) is 0 Å². The van der Waals surface area contributed by atoms with Crippen LogP contribution in [0.2, 0.25) is 0 Å². The highest BCUT2D eigenvalue weighted by Gasteiger charge is 2.25. The summed E-state index contributed by atoms with van der Waals surface area (Å²) in [6.45, 7) is 4.54. The van der Waals surface area contributed by atoms with Crippen molar-refractivity contribution in [1.82, 2.24) is 0 Å². The Balaban J connectivity index is 2.04. The first-order chi connectivity index (χ1) is 9.83. The predicted octanol–water partition coefficient (Wildman–Crippen LogP) is 6.00. The van der Waals surface area contributed by atoms with E-state index in [0.29, 0.717) is 0 Å². The Morgan fingerprint density at radius 1 is 0.850 bits per heavy atom. The zero-order valence-corrected chi connectivity index (χ0v) is 13.2. The van der Waals surface area contributed by atoms with Crippen molar-refractivity contribution in [2.45, 2.75) is 39.5 Å². The van der Waals surface area contributed by atoms with Crippen molar-refractivity contribution >= 4 is 19.1 Å². The summed E-state index contributed by atoms with van der Waals surface area (Å²) in [4.78, 5) is 0. The molecule has 0 amide bonds. The van der Waals surface area contributed by atoms with Crippen LogP contribution in [0.1, 0.15) is 45.1 Å². The fourth-order valence-corrected chi connectivity index (χ4v) is 4.38. The third kappa shape index (κ3) is 2.45. The molecule has 102 valence electrons. The molecule has 0 atom stereocenters. The van der Waals surface area contributed by atoms with Gasteiger partial charge in [0.05, 0.1) is 0 Å². The Hall–Kier alpha value is -1.39. The molecule has 20 heavy (non-hydrogen) atoms. The van der Waals surface area contributed by atoms with E-state index in [4.69, 9.17) is 0 Å². The highest BCUT2D eigenvalue weighted by molar-refractivity contribution is 7.47. The number of allylic oxidation sites excluding steroid dienone is 6. The van der Waals surface area contributed by atoms with Crippen molar-refractivity contribution in [3.63, 3.8) is 0 Å². The Bertz CT molecular complexity index is 627. The van der Waals surface area contributed by atoms with E-state index >= 15 is 0 Å². The summed E-state index contributed by atoms with van der Waals surface area (Å²) in [5.41, 5.74) is 5.84. The lowest BCUT2D eigenvalue weighted by Crippen LogP contribution is -1.95. The van der Waals surface area contributed by atoms with Crippen LogP contribution in [0.25, 0.3) is 5.57 Å². The Morgan fingerprint density at radius 2 is 1.60 bits per heavy atom. The topological polar surface area (TPSA) is 0 Å². The molecule has 0 spiro atoms. The first-order valence-electron chi connectivity index (χ1n) is 7.63. The molecular formula is C19H21P. The van der Waals surface area contributed by atoms with Gasteiger partial charge in [-0.1, -0.05) is 65.2 Å². The summed E-state index contributed by atoms with van der Waals surface area (Å²) in [6, 6.07) is 10.8. The number of hydrogen-bond donors (Lipinski definition) is 0. The van der Waals surface area contributed by atoms with Crippen LogP contribution in [-0.4, -0.2) is 5.29 Å². The zero-order chi connectivity index (χ0) is 13.9. The maximum atomic E-state index is 2.45. The minimum Gasteiger partial charge on any atom is -0.0651 e. The molecule has 2 aliphatic rings. The molecule has 0 aromatic heterocycles. The molecule has 1 heterocycles. The predicted molar refractivity (Wildman–Crippen MR) is 91.3 cm³/mol. The molecule has 0 N–H and O–H groups in total. The maximum Gasteiger partial charge on any atom is 0.0132 e. The lowest BCUT2D eigenvalue weighted by molar-refractivity contribution is 0.940. The quantitative estimate of drug-likeness (QED) is 0.580. The number of fused-ring (bicyclic) bond motifs is 1. The molecule has 1 aliphatic carbocycles. The van der Waals surface area contributed by atoms with E-state index in [1.807, 2.05) is 0 Å². The second-order valence-electron chi connectivity index (χ2n) is 5.46. The molecule has 3 rings (SSSR count). The summed E-state index contributed by atoms with van der Waals surface area (Å²) in [6.07, 6.45) is 9.78.